The number of nitrogens with one attached hydrogen (secondary N) is 1. The summed E-state index contributed by atoms with van der Waals surface area (Å²) in [4.78, 5) is 35.2. The number of carbonyl (C=O) groups is 1. The molecule has 0 atom stereocenters. The van der Waals surface area contributed by atoms with Crippen LogP contribution < -0.4 is 10.9 Å². The van der Waals surface area contributed by atoms with Gasteiger partial charge in [0.1, 0.15) is 0 Å². The highest BCUT2D eigenvalue weighted by atomic mass is 16.6. The van der Waals surface area contributed by atoms with E-state index in [1.165, 1.54) is 35.0 Å². The maximum atomic E-state index is 12.6. The fourth-order valence-electron chi connectivity index (χ4n) is 2.84. The lowest BCUT2D eigenvalue weighted by molar-refractivity contribution is -0.384. The van der Waals surface area contributed by atoms with Gasteiger partial charge in [0.15, 0.2) is 0 Å². The minimum atomic E-state index is -0.486. The van der Waals surface area contributed by atoms with E-state index in [9.17, 15) is 19.7 Å². The topological polar surface area (TPSA) is 94.2 Å². The highest BCUT2D eigenvalue weighted by Crippen LogP contribution is 2.19. The molecule has 2 aromatic carbocycles. The van der Waals surface area contributed by atoms with Crippen LogP contribution in [0.25, 0.3) is 0 Å². The highest BCUT2D eigenvalue weighted by Gasteiger charge is 2.11. The van der Waals surface area contributed by atoms with Gasteiger partial charge in [-0.25, -0.2) is 0 Å². The summed E-state index contributed by atoms with van der Waals surface area (Å²) in [7, 11) is 0. The van der Waals surface area contributed by atoms with Crippen LogP contribution in [0.4, 0.5) is 11.4 Å². The minimum absolute atomic E-state index is 0.0469. The third kappa shape index (κ3) is 4.15. The van der Waals surface area contributed by atoms with Crippen LogP contribution in [0.2, 0.25) is 0 Å². The number of pyridine rings is 1. The lowest BCUT2D eigenvalue weighted by Crippen LogP contribution is -2.22. The number of aromatic nitrogens is 1. The van der Waals surface area contributed by atoms with E-state index in [0.29, 0.717) is 16.8 Å². The van der Waals surface area contributed by atoms with E-state index in [2.05, 4.69) is 5.32 Å². The van der Waals surface area contributed by atoms with E-state index in [1.807, 2.05) is 32.0 Å². The molecule has 0 unspecified atom stereocenters. The van der Waals surface area contributed by atoms with E-state index in [0.717, 1.165) is 11.1 Å². The van der Waals surface area contributed by atoms with Gasteiger partial charge in [0.05, 0.1) is 17.0 Å². The number of amides is 1. The first kappa shape index (κ1) is 19.0. The van der Waals surface area contributed by atoms with Crippen molar-refractivity contribution in [2.24, 2.45) is 0 Å². The number of aryl methyl sites for hydroxylation is 1. The Bertz CT molecular complexity index is 1120. The Morgan fingerprint density at radius 3 is 2.61 bits per heavy atom. The molecule has 1 aromatic heterocycles. The molecule has 0 spiro atoms. The molecule has 28 heavy (non-hydrogen) atoms. The first-order valence-corrected chi connectivity index (χ1v) is 8.66. The first-order valence-electron chi connectivity index (χ1n) is 8.66. The molecule has 0 saturated carbocycles. The standard InChI is InChI=1S/C21H19N3O4/c1-14-5-3-8-19(15(14)2)22-21(26)17-9-10-20(25)23(13-17)12-16-6-4-7-18(11-16)24(27)28/h3-11,13H,12H2,1-2H3,(H,22,26). The number of nitro benzene ring substituents is 1. The van der Waals surface area contributed by atoms with Crippen molar-refractivity contribution in [1.82, 2.24) is 4.57 Å². The Labute approximate surface area is 161 Å². The van der Waals surface area contributed by atoms with Gasteiger partial charge in [-0.1, -0.05) is 24.3 Å². The van der Waals surface area contributed by atoms with Crippen LogP contribution in [0.5, 0.6) is 0 Å². The molecule has 0 aliphatic rings. The lowest BCUT2D eigenvalue weighted by Gasteiger charge is -2.12. The van der Waals surface area contributed by atoms with Crippen LogP contribution in [0.1, 0.15) is 27.0 Å². The Hall–Kier alpha value is -3.74. The molecule has 7 heteroatoms. The molecule has 0 saturated heterocycles. The second-order valence-electron chi connectivity index (χ2n) is 6.51. The maximum Gasteiger partial charge on any atom is 0.269 e. The zero-order chi connectivity index (χ0) is 20.3. The van der Waals surface area contributed by atoms with E-state index in [4.69, 9.17) is 0 Å². The van der Waals surface area contributed by atoms with Gasteiger partial charge in [-0.15, -0.1) is 0 Å². The minimum Gasteiger partial charge on any atom is -0.322 e. The molecule has 3 rings (SSSR count). The third-order valence-corrected chi connectivity index (χ3v) is 4.57. The average Bonchev–Trinajstić information content (AvgIpc) is 2.67. The van der Waals surface area contributed by atoms with Crippen LogP contribution in [-0.4, -0.2) is 15.4 Å². The number of rotatable bonds is 5. The fraction of sp³-hybridized carbons (Fsp3) is 0.143. The molecule has 1 N–H and O–H groups in total. The molecule has 0 fully saturated rings. The van der Waals surface area contributed by atoms with Gasteiger partial charge in [0.25, 0.3) is 17.2 Å². The van der Waals surface area contributed by atoms with Crippen molar-refractivity contribution in [3.8, 4) is 0 Å². The lowest BCUT2D eigenvalue weighted by atomic mass is 10.1. The predicted octanol–water partition coefficient (Wildman–Crippen LogP) is 3.67. The number of anilines is 1. The molecule has 0 aliphatic heterocycles. The quantitative estimate of drug-likeness (QED) is 0.542. The van der Waals surface area contributed by atoms with E-state index in [1.54, 1.807) is 12.1 Å². The van der Waals surface area contributed by atoms with Gasteiger partial charge in [-0.2, -0.15) is 0 Å². The second-order valence-corrected chi connectivity index (χ2v) is 6.51. The third-order valence-electron chi connectivity index (χ3n) is 4.57. The Balaban J connectivity index is 1.86. The van der Waals surface area contributed by atoms with Crippen molar-refractivity contribution in [3.63, 3.8) is 0 Å². The van der Waals surface area contributed by atoms with E-state index >= 15 is 0 Å². The summed E-state index contributed by atoms with van der Waals surface area (Å²) in [5.41, 5.74) is 3.33. The summed E-state index contributed by atoms with van der Waals surface area (Å²) >= 11 is 0. The fourth-order valence-corrected chi connectivity index (χ4v) is 2.84. The molecule has 0 aliphatic carbocycles. The van der Waals surface area contributed by atoms with Gasteiger partial charge >= 0.3 is 0 Å². The molecule has 3 aromatic rings. The summed E-state index contributed by atoms with van der Waals surface area (Å²) in [5, 5.41) is 13.8. The van der Waals surface area contributed by atoms with Gasteiger partial charge in [0.2, 0.25) is 0 Å². The van der Waals surface area contributed by atoms with Crippen molar-refractivity contribution in [2.45, 2.75) is 20.4 Å². The molecular formula is C21H19N3O4. The maximum absolute atomic E-state index is 12.6. The van der Waals surface area contributed by atoms with Crippen LogP contribution in [0, 0.1) is 24.0 Å². The van der Waals surface area contributed by atoms with Crippen molar-refractivity contribution in [2.75, 3.05) is 5.32 Å². The SMILES string of the molecule is Cc1cccc(NC(=O)c2ccc(=O)n(Cc3cccc([N+](=O)[O-])c3)c2)c1C. The molecular weight excluding hydrogens is 358 g/mol. The van der Waals surface area contributed by atoms with Gasteiger partial charge in [-0.3, -0.25) is 19.7 Å². The van der Waals surface area contributed by atoms with Crippen molar-refractivity contribution in [1.29, 1.82) is 0 Å². The van der Waals surface area contributed by atoms with Crippen LogP contribution >= 0.6 is 0 Å². The Morgan fingerprint density at radius 2 is 1.86 bits per heavy atom. The van der Waals surface area contributed by atoms with Gasteiger partial charge in [-0.05, 0) is 42.7 Å². The predicted molar refractivity (Wildman–Crippen MR) is 107 cm³/mol. The van der Waals surface area contributed by atoms with Crippen molar-refractivity contribution >= 4 is 17.3 Å². The Kier molecular flexibility index (Phi) is 5.35. The number of non-ortho nitro benzene ring substituents is 1. The summed E-state index contributed by atoms with van der Waals surface area (Å²) in [5.74, 6) is -0.332. The monoisotopic (exact) mass is 377 g/mol. The summed E-state index contributed by atoms with van der Waals surface area (Å²) in [6, 6.07) is 14.5. The normalized spacial score (nSPS) is 10.5. The van der Waals surface area contributed by atoms with E-state index < -0.39 is 4.92 Å². The zero-order valence-electron chi connectivity index (χ0n) is 15.5. The van der Waals surface area contributed by atoms with Crippen molar-refractivity contribution in [3.05, 3.63) is 104 Å². The molecule has 1 amide bonds. The highest BCUT2D eigenvalue weighted by molar-refractivity contribution is 6.04. The second kappa shape index (κ2) is 7.87. The molecule has 0 radical (unpaired) electrons. The number of nitrogens with zero attached hydrogens (tertiary/aromatic N) is 2. The number of hydrogen-bond donors (Lipinski definition) is 1. The zero-order valence-corrected chi connectivity index (χ0v) is 15.5. The summed E-state index contributed by atoms with van der Waals surface area (Å²) in [6.45, 7) is 4.02. The van der Waals surface area contributed by atoms with Crippen LogP contribution in [-0.2, 0) is 6.54 Å². The Morgan fingerprint density at radius 1 is 1.11 bits per heavy atom. The number of nitro groups is 1. The summed E-state index contributed by atoms with van der Waals surface area (Å²) in [6.07, 6.45) is 1.46. The van der Waals surface area contributed by atoms with Gasteiger partial charge < -0.3 is 9.88 Å². The number of benzene rings is 2. The van der Waals surface area contributed by atoms with Gasteiger partial charge in [0, 0.05) is 30.1 Å². The largest absolute Gasteiger partial charge is 0.322 e. The molecule has 1 heterocycles. The smallest absolute Gasteiger partial charge is 0.269 e. The number of hydrogen-bond acceptors (Lipinski definition) is 4. The molecule has 0 bridgehead atoms. The average molecular weight is 377 g/mol. The molecule has 7 nitrogen and oxygen atoms in total. The summed E-state index contributed by atoms with van der Waals surface area (Å²) < 4.78 is 1.36. The first-order chi connectivity index (χ1) is 13.3. The van der Waals surface area contributed by atoms with E-state index in [-0.39, 0.29) is 23.7 Å². The number of carbonyl (C=O) groups excluding carboxylic acids is 1. The molecule has 142 valence electrons. The van der Waals surface area contributed by atoms with Crippen LogP contribution in [0.15, 0.2) is 65.6 Å². The van der Waals surface area contributed by atoms with Crippen molar-refractivity contribution < 1.29 is 9.72 Å². The van der Waals surface area contributed by atoms with Crippen LogP contribution in [0.3, 0.4) is 0 Å².